The van der Waals surface area contributed by atoms with E-state index in [1.807, 2.05) is 0 Å². The third kappa shape index (κ3) is 3.27. The molecule has 0 atom stereocenters. The summed E-state index contributed by atoms with van der Waals surface area (Å²) in [4.78, 5) is 0. The minimum Gasteiger partial charge on any atom is -0.375 e. The summed E-state index contributed by atoms with van der Waals surface area (Å²) in [6, 6.07) is 0. The Balaban J connectivity index is 2.33. The van der Waals surface area contributed by atoms with Gasteiger partial charge in [0.15, 0.2) is 0 Å². The Kier molecular flexibility index (Phi) is 4.43. The normalized spacial score (nSPS) is 33.6. The maximum Gasteiger partial charge on any atom is 0.0654 e. The largest absolute Gasteiger partial charge is 0.375 e. The highest BCUT2D eigenvalue weighted by atomic mass is 16.5. The lowest BCUT2D eigenvalue weighted by molar-refractivity contribution is -0.0675. The van der Waals surface area contributed by atoms with Crippen molar-refractivity contribution in [1.82, 2.24) is 0 Å². The fourth-order valence-electron chi connectivity index (χ4n) is 2.41. The van der Waals surface area contributed by atoms with Gasteiger partial charge in [0.2, 0.25) is 0 Å². The molecule has 0 N–H and O–H groups in total. The van der Waals surface area contributed by atoms with Crippen LogP contribution in [-0.4, -0.2) is 12.2 Å². The first kappa shape index (κ1) is 12.0. The molecule has 0 unspecified atom stereocenters. The summed E-state index contributed by atoms with van der Waals surface area (Å²) in [5, 5.41) is 0. The van der Waals surface area contributed by atoms with Crippen LogP contribution in [0.5, 0.6) is 0 Å². The van der Waals surface area contributed by atoms with Crippen LogP contribution in [0, 0.1) is 11.8 Å². The van der Waals surface area contributed by atoms with E-state index >= 15 is 0 Å². The molecular weight excluding hydrogens is 172 g/mol. The second-order valence-corrected chi connectivity index (χ2v) is 5.38. The van der Waals surface area contributed by atoms with Gasteiger partial charge in [-0.1, -0.05) is 20.8 Å². The Bertz CT molecular complexity index is 155. The summed E-state index contributed by atoms with van der Waals surface area (Å²) in [7, 11) is 0. The van der Waals surface area contributed by atoms with E-state index in [4.69, 9.17) is 4.74 Å². The van der Waals surface area contributed by atoms with Crippen molar-refractivity contribution in [2.24, 2.45) is 11.8 Å². The Morgan fingerprint density at radius 1 is 1.29 bits per heavy atom. The highest BCUT2D eigenvalue weighted by Gasteiger charge is 2.32. The first-order chi connectivity index (χ1) is 6.57. The van der Waals surface area contributed by atoms with Gasteiger partial charge in [-0.05, 0) is 50.9 Å². The van der Waals surface area contributed by atoms with Gasteiger partial charge in [-0.15, -0.1) is 0 Å². The van der Waals surface area contributed by atoms with E-state index in [1.165, 1.54) is 25.7 Å². The molecule has 0 spiro atoms. The molecule has 0 heterocycles. The molecule has 1 aliphatic rings. The van der Waals surface area contributed by atoms with Crippen LogP contribution < -0.4 is 0 Å². The zero-order valence-corrected chi connectivity index (χ0v) is 10.3. The first-order valence-corrected chi connectivity index (χ1v) is 6.21. The summed E-state index contributed by atoms with van der Waals surface area (Å²) >= 11 is 0. The van der Waals surface area contributed by atoms with Crippen molar-refractivity contribution < 1.29 is 4.74 Å². The molecule has 0 aliphatic heterocycles. The molecule has 0 aromatic heterocycles. The van der Waals surface area contributed by atoms with Crippen molar-refractivity contribution in [2.45, 2.75) is 65.4 Å². The van der Waals surface area contributed by atoms with Gasteiger partial charge in [0.05, 0.1) is 5.60 Å². The minimum absolute atomic E-state index is 0.196. The molecule has 1 heteroatoms. The zero-order chi connectivity index (χ0) is 10.6. The predicted octanol–water partition coefficient (Wildman–Crippen LogP) is 4.02. The Morgan fingerprint density at radius 3 is 2.29 bits per heavy atom. The van der Waals surface area contributed by atoms with Crippen LogP contribution in [0.15, 0.2) is 0 Å². The molecule has 0 aromatic rings. The lowest BCUT2D eigenvalue weighted by Crippen LogP contribution is -2.35. The van der Waals surface area contributed by atoms with Gasteiger partial charge < -0.3 is 4.74 Å². The quantitative estimate of drug-likeness (QED) is 0.663. The van der Waals surface area contributed by atoms with E-state index in [9.17, 15) is 0 Å². The fourth-order valence-corrected chi connectivity index (χ4v) is 2.41. The van der Waals surface area contributed by atoms with Crippen LogP contribution >= 0.6 is 0 Å². The minimum atomic E-state index is 0.196. The van der Waals surface area contributed by atoms with Crippen molar-refractivity contribution in [1.29, 1.82) is 0 Å². The van der Waals surface area contributed by atoms with Crippen LogP contribution in [0.25, 0.3) is 0 Å². The average Bonchev–Trinajstić information content (AvgIpc) is 2.16. The number of ether oxygens (including phenoxy) is 1. The van der Waals surface area contributed by atoms with Crippen molar-refractivity contribution >= 4 is 0 Å². The monoisotopic (exact) mass is 198 g/mol. The number of hydrogen-bond acceptors (Lipinski definition) is 1. The van der Waals surface area contributed by atoms with E-state index in [0.717, 1.165) is 24.9 Å². The van der Waals surface area contributed by atoms with Gasteiger partial charge in [0.1, 0.15) is 0 Å². The van der Waals surface area contributed by atoms with Gasteiger partial charge in [-0.2, -0.15) is 0 Å². The van der Waals surface area contributed by atoms with Crippen molar-refractivity contribution in [3.8, 4) is 0 Å². The van der Waals surface area contributed by atoms with Gasteiger partial charge in [0.25, 0.3) is 0 Å². The number of hydrogen-bond donors (Lipinski definition) is 0. The fraction of sp³-hybridized carbons (Fsp3) is 1.00. The lowest BCUT2D eigenvalue weighted by atomic mass is 9.75. The van der Waals surface area contributed by atoms with E-state index < -0.39 is 0 Å². The summed E-state index contributed by atoms with van der Waals surface area (Å²) in [6.45, 7) is 10.1. The van der Waals surface area contributed by atoms with Crippen molar-refractivity contribution in [2.75, 3.05) is 6.61 Å². The van der Waals surface area contributed by atoms with E-state index in [1.54, 1.807) is 0 Å². The molecule has 0 bridgehead atoms. The van der Waals surface area contributed by atoms with Crippen molar-refractivity contribution in [3.63, 3.8) is 0 Å². The molecule has 1 saturated carbocycles. The summed E-state index contributed by atoms with van der Waals surface area (Å²) in [6.07, 6.45) is 6.38. The van der Waals surface area contributed by atoms with Gasteiger partial charge in [-0.25, -0.2) is 0 Å². The summed E-state index contributed by atoms with van der Waals surface area (Å²) in [5.74, 6) is 1.79. The molecule has 1 nitrogen and oxygen atoms in total. The van der Waals surface area contributed by atoms with Gasteiger partial charge in [0, 0.05) is 6.61 Å². The topological polar surface area (TPSA) is 9.23 Å². The molecular formula is C13H26O. The second-order valence-electron chi connectivity index (χ2n) is 5.38. The molecule has 0 aromatic carbocycles. The van der Waals surface area contributed by atoms with Crippen LogP contribution in [0.3, 0.4) is 0 Å². The molecule has 84 valence electrons. The molecule has 0 saturated heterocycles. The summed E-state index contributed by atoms with van der Waals surface area (Å²) < 4.78 is 5.95. The van der Waals surface area contributed by atoms with Crippen LogP contribution in [0.1, 0.15) is 59.8 Å². The molecule has 1 fully saturated rings. The van der Waals surface area contributed by atoms with E-state index in [2.05, 4.69) is 27.7 Å². The molecule has 14 heavy (non-hydrogen) atoms. The maximum atomic E-state index is 5.95. The molecule has 0 radical (unpaired) electrons. The first-order valence-electron chi connectivity index (χ1n) is 6.21. The van der Waals surface area contributed by atoms with Crippen LogP contribution in [0.2, 0.25) is 0 Å². The molecule has 0 amide bonds. The van der Waals surface area contributed by atoms with E-state index in [0.29, 0.717) is 0 Å². The standard InChI is InChI=1S/C13H26O/c1-5-10-14-13(4)8-6-12(7-9-13)11(2)3/h11-12H,5-10H2,1-4H3. The van der Waals surface area contributed by atoms with Crippen molar-refractivity contribution in [3.05, 3.63) is 0 Å². The smallest absolute Gasteiger partial charge is 0.0654 e. The SMILES string of the molecule is CCCOC1(C)CCC(C(C)C)CC1. The Labute approximate surface area is 89.2 Å². The van der Waals surface area contributed by atoms with Crippen LogP contribution in [-0.2, 0) is 4.74 Å². The lowest BCUT2D eigenvalue weighted by Gasteiger charge is -2.38. The highest BCUT2D eigenvalue weighted by Crippen LogP contribution is 2.37. The average molecular weight is 198 g/mol. The maximum absolute atomic E-state index is 5.95. The third-order valence-electron chi connectivity index (χ3n) is 3.69. The highest BCUT2D eigenvalue weighted by molar-refractivity contribution is 4.84. The van der Waals surface area contributed by atoms with Gasteiger partial charge in [-0.3, -0.25) is 0 Å². The summed E-state index contributed by atoms with van der Waals surface area (Å²) in [5.41, 5.74) is 0.196. The van der Waals surface area contributed by atoms with Gasteiger partial charge >= 0.3 is 0 Å². The zero-order valence-electron chi connectivity index (χ0n) is 10.3. The second kappa shape index (κ2) is 5.16. The predicted molar refractivity (Wildman–Crippen MR) is 61.4 cm³/mol. The molecule has 1 aliphatic carbocycles. The molecule has 1 rings (SSSR count). The Hall–Kier alpha value is -0.0400. The third-order valence-corrected chi connectivity index (χ3v) is 3.69. The Morgan fingerprint density at radius 2 is 1.86 bits per heavy atom. The number of rotatable bonds is 4. The van der Waals surface area contributed by atoms with E-state index in [-0.39, 0.29) is 5.60 Å². The van der Waals surface area contributed by atoms with Crippen LogP contribution in [0.4, 0.5) is 0 Å².